The summed E-state index contributed by atoms with van der Waals surface area (Å²) in [5, 5.41) is 0. The molecule has 2 rings (SSSR count). The normalized spacial score (nSPS) is 17.8. The lowest BCUT2D eigenvalue weighted by molar-refractivity contribution is 0.181. The number of hydrogen-bond acceptors (Lipinski definition) is 2. The van der Waals surface area contributed by atoms with Gasteiger partial charge in [-0.25, -0.2) is 4.39 Å². The van der Waals surface area contributed by atoms with Crippen LogP contribution >= 0.6 is 0 Å². The van der Waals surface area contributed by atoms with Gasteiger partial charge in [0.1, 0.15) is 5.82 Å². The second kappa shape index (κ2) is 3.91. The van der Waals surface area contributed by atoms with Crippen molar-refractivity contribution in [1.82, 2.24) is 0 Å². The third-order valence-electron chi connectivity index (χ3n) is 3.21. The zero-order valence-electron chi connectivity index (χ0n) is 8.92. The maximum Gasteiger partial charge on any atom is 0.129 e. The maximum absolute atomic E-state index is 13.6. The Morgan fingerprint density at radius 2 is 2.20 bits per heavy atom. The molecule has 0 spiro atoms. The predicted molar refractivity (Wildman–Crippen MR) is 57.1 cm³/mol. The average Bonchev–Trinajstić information content (AvgIpc) is 3.02. The first kappa shape index (κ1) is 10.6. The molecule has 1 aromatic rings. The number of methoxy groups -OCH3 is 1. The maximum atomic E-state index is 13.6. The molecule has 0 aliphatic heterocycles. The fourth-order valence-corrected chi connectivity index (χ4v) is 1.91. The molecule has 0 radical (unpaired) electrons. The predicted octanol–water partition coefficient (Wildman–Crippen LogP) is 1.96. The Balaban J connectivity index is 2.25. The van der Waals surface area contributed by atoms with Gasteiger partial charge in [-0.2, -0.15) is 0 Å². The summed E-state index contributed by atoms with van der Waals surface area (Å²) in [5.74, 6) is -0.186. The molecule has 1 aliphatic carbocycles. The Bertz CT molecular complexity index is 361. The number of nitrogens with two attached hydrogens (primary N) is 1. The molecule has 2 nitrogen and oxygen atoms in total. The summed E-state index contributed by atoms with van der Waals surface area (Å²) in [6.07, 6.45) is 2.15. The summed E-state index contributed by atoms with van der Waals surface area (Å²) in [6.45, 7) is 0.928. The number of rotatable bonds is 4. The lowest BCUT2D eigenvalue weighted by atomic mass is 9.95. The van der Waals surface area contributed by atoms with Crippen molar-refractivity contribution in [1.29, 1.82) is 0 Å². The van der Waals surface area contributed by atoms with Crippen LogP contribution in [-0.4, -0.2) is 13.7 Å². The first-order chi connectivity index (χ1) is 7.22. The van der Waals surface area contributed by atoms with Crippen LogP contribution in [0.3, 0.4) is 0 Å². The van der Waals surface area contributed by atoms with Crippen LogP contribution in [0.4, 0.5) is 4.39 Å². The van der Waals surface area contributed by atoms with E-state index >= 15 is 0 Å². The van der Waals surface area contributed by atoms with Crippen molar-refractivity contribution in [2.75, 3.05) is 13.7 Å². The van der Waals surface area contributed by atoms with E-state index in [2.05, 4.69) is 0 Å². The molecule has 1 aliphatic rings. The van der Waals surface area contributed by atoms with Gasteiger partial charge in [-0.3, -0.25) is 0 Å². The number of hydrogen-bond donors (Lipinski definition) is 1. The molecule has 1 aromatic carbocycles. The fourth-order valence-electron chi connectivity index (χ4n) is 1.91. The average molecular weight is 209 g/mol. The van der Waals surface area contributed by atoms with Crippen molar-refractivity contribution >= 4 is 0 Å². The highest BCUT2D eigenvalue weighted by Crippen LogP contribution is 2.47. The van der Waals surface area contributed by atoms with Crippen LogP contribution in [-0.2, 0) is 16.8 Å². The molecule has 82 valence electrons. The van der Waals surface area contributed by atoms with Gasteiger partial charge in [-0.15, -0.1) is 0 Å². The zero-order chi connectivity index (χ0) is 10.9. The fraction of sp³-hybridized carbons (Fsp3) is 0.500. The molecule has 1 fully saturated rings. The SMILES string of the molecule is COCc1ccc(C2(CN)CC2)cc1F. The Labute approximate surface area is 89.2 Å². The van der Waals surface area contributed by atoms with Crippen molar-refractivity contribution in [2.24, 2.45) is 5.73 Å². The molecular formula is C12H16FNO. The van der Waals surface area contributed by atoms with Crippen LogP contribution in [0, 0.1) is 5.82 Å². The number of halogens is 1. The first-order valence-corrected chi connectivity index (χ1v) is 5.20. The minimum Gasteiger partial charge on any atom is -0.380 e. The summed E-state index contributed by atoms with van der Waals surface area (Å²) in [6, 6.07) is 5.37. The van der Waals surface area contributed by atoms with Crippen molar-refractivity contribution in [3.8, 4) is 0 Å². The van der Waals surface area contributed by atoms with Crippen LogP contribution in [0.5, 0.6) is 0 Å². The van der Waals surface area contributed by atoms with Gasteiger partial charge in [0.05, 0.1) is 6.61 Å². The summed E-state index contributed by atoms with van der Waals surface area (Å²) in [4.78, 5) is 0. The van der Waals surface area contributed by atoms with Gasteiger partial charge in [0.2, 0.25) is 0 Å². The van der Waals surface area contributed by atoms with Gasteiger partial charge < -0.3 is 10.5 Å². The molecule has 0 saturated heterocycles. The monoisotopic (exact) mass is 209 g/mol. The van der Waals surface area contributed by atoms with E-state index in [9.17, 15) is 4.39 Å². The van der Waals surface area contributed by atoms with Gasteiger partial charge in [0.25, 0.3) is 0 Å². The molecule has 0 unspecified atom stereocenters. The van der Waals surface area contributed by atoms with Crippen LogP contribution in [0.25, 0.3) is 0 Å². The van der Waals surface area contributed by atoms with E-state index in [-0.39, 0.29) is 11.2 Å². The van der Waals surface area contributed by atoms with Gasteiger partial charge in [-0.05, 0) is 24.5 Å². The molecule has 0 atom stereocenters. The minimum atomic E-state index is -0.186. The quantitative estimate of drug-likeness (QED) is 0.822. The molecule has 3 heteroatoms. The van der Waals surface area contributed by atoms with E-state index < -0.39 is 0 Å². The molecule has 0 amide bonds. The molecule has 1 saturated carbocycles. The van der Waals surface area contributed by atoms with E-state index in [1.807, 2.05) is 6.07 Å². The van der Waals surface area contributed by atoms with Crippen molar-refractivity contribution in [3.63, 3.8) is 0 Å². The van der Waals surface area contributed by atoms with Crippen molar-refractivity contribution < 1.29 is 9.13 Å². The highest BCUT2D eigenvalue weighted by molar-refractivity contribution is 5.35. The minimum absolute atomic E-state index is 0.0619. The number of benzene rings is 1. The second-order valence-electron chi connectivity index (χ2n) is 4.22. The lowest BCUT2D eigenvalue weighted by Crippen LogP contribution is -2.19. The van der Waals surface area contributed by atoms with Crippen LogP contribution < -0.4 is 5.73 Å². The van der Waals surface area contributed by atoms with Gasteiger partial charge in [0.15, 0.2) is 0 Å². The molecule has 0 bridgehead atoms. The van der Waals surface area contributed by atoms with Gasteiger partial charge >= 0.3 is 0 Å². The van der Waals surface area contributed by atoms with E-state index in [1.165, 1.54) is 0 Å². The van der Waals surface area contributed by atoms with Gasteiger partial charge in [0, 0.05) is 24.6 Å². The largest absolute Gasteiger partial charge is 0.380 e. The summed E-state index contributed by atoms with van der Waals surface area (Å²) >= 11 is 0. The zero-order valence-corrected chi connectivity index (χ0v) is 8.92. The summed E-state index contributed by atoms with van der Waals surface area (Å²) in [5.41, 5.74) is 7.40. The number of ether oxygens (including phenoxy) is 1. The Hall–Kier alpha value is -0.930. The Morgan fingerprint density at radius 3 is 2.67 bits per heavy atom. The van der Waals surface area contributed by atoms with Crippen LogP contribution in [0.1, 0.15) is 24.0 Å². The van der Waals surface area contributed by atoms with E-state index in [1.54, 1.807) is 19.2 Å². The molecule has 0 heterocycles. The second-order valence-corrected chi connectivity index (χ2v) is 4.22. The van der Waals surface area contributed by atoms with Crippen molar-refractivity contribution in [2.45, 2.75) is 24.9 Å². The lowest BCUT2D eigenvalue weighted by Gasteiger charge is -2.13. The third-order valence-corrected chi connectivity index (χ3v) is 3.21. The molecular weight excluding hydrogens is 193 g/mol. The standard InChI is InChI=1S/C12H16FNO/c1-15-7-9-2-3-10(6-11(9)13)12(8-14)4-5-12/h2-3,6H,4-5,7-8,14H2,1H3. The van der Waals surface area contributed by atoms with Crippen LogP contribution in [0.15, 0.2) is 18.2 Å². The van der Waals surface area contributed by atoms with E-state index in [4.69, 9.17) is 10.5 Å². The van der Waals surface area contributed by atoms with Crippen molar-refractivity contribution in [3.05, 3.63) is 35.1 Å². The van der Waals surface area contributed by atoms with Crippen LogP contribution in [0.2, 0.25) is 0 Å². The molecule has 0 aromatic heterocycles. The highest BCUT2D eigenvalue weighted by atomic mass is 19.1. The smallest absolute Gasteiger partial charge is 0.129 e. The summed E-state index contributed by atoms with van der Waals surface area (Å²) < 4.78 is 18.5. The van der Waals surface area contributed by atoms with E-state index in [0.717, 1.165) is 18.4 Å². The first-order valence-electron chi connectivity index (χ1n) is 5.20. The molecule has 2 N–H and O–H groups in total. The highest BCUT2D eigenvalue weighted by Gasteiger charge is 2.43. The summed E-state index contributed by atoms with van der Waals surface area (Å²) in [7, 11) is 1.57. The van der Waals surface area contributed by atoms with Gasteiger partial charge in [-0.1, -0.05) is 12.1 Å². The third kappa shape index (κ3) is 1.90. The topological polar surface area (TPSA) is 35.2 Å². The Kier molecular flexibility index (Phi) is 2.76. The van der Waals surface area contributed by atoms with E-state index in [0.29, 0.717) is 18.7 Å². The Morgan fingerprint density at radius 1 is 1.47 bits per heavy atom. The molecule has 15 heavy (non-hydrogen) atoms.